The second kappa shape index (κ2) is 8.71. The first kappa shape index (κ1) is 21.2. The molecule has 150 valence electrons. The molecule has 9 nitrogen and oxygen atoms in total. The topological polar surface area (TPSA) is 125 Å². The third-order valence-electron chi connectivity index (χ3n) is 3.24. The second-order valence-electron chi connectivity index (χ2n) is 5.51. The van der Waals surface area contributed by atoms with Crippen LogP contribution >= 0.6 is 0 Å². The van der Waals surface area contributed by atoms with E-state index < -0.39 is 50.3 Å². The number of benzene rings is 2. The summed E-state index contributed by atoms with van der Waals surface area (Å²) in [6, 6.07) is 5.57. The van der Waals surface area contributed by atoms with Crippen molar-refractivity contribution in [1.29, 1.82) is 0 Å². The van der Waals surface area contributed by atoms with Crippen LogP contribution in [-0.2, 0) is 14.8 Å². The zero-order valence-electron chi connectivity index (χ0n) is 14.3. The zero-order valence-corrected chi connectivity index (χ0v) is 15.1. The van der Waals surface area contributed by atoms with E-state index in [-0.39, 0.29) is 11.4 Å². The van der Waals surface area contributed by atoms with Crippen molar-refractivity contribution in [3.05, 3.63) is 64.2 Å². The van der Waals surface area contributed by atoms with Crippen molar-refractivity contribution in [2.24, 2.45) is 0 Å². The standard InChI is InChI=1S/C16H14F2N2O7S/c1-10(19-28(24,25)15-8-11(17)2-7-14(15)18)9-26-16(21)27-13-5-3-12(4-6-13)20(22)23/h2-8,10,19H,9H2,1H3/t10-/m1/s1. The van der Waals surface area contributed by atoms with Crippen LogP contribution in [0.3, 0.4) is 0 Å². The van der Waals surface area contributed by atoms with Crippen molar-refractivity contribution in [2.75, 3.05) is 6.61 Å². The Morgan fingerprint density at radius 3 is 2.46 bits per heavy atom. The van der Waals surface area contributed by atoms with Crippen LogP contribution in [0.15, 0.2) is 47.4 Å². The molecule has 0 amide bonds. The summed E-state index contributed by atoms with van der Waals surface area (Å²) in [5, 5.41) is 10.5. The predicted octanol–water partition coefficient (Wildman–Crippen LogP) is 2.76. The number of nitro benzene ring substituents is 1. The summed E-state index contributed by atoms with van der Waals surface area (Å²) in [5.41, 5.74) is -0.201. The molecule has 2 rings (SSSR count). The van der Waals surface area contributed by atoms with E-state index in [2.05, 4.69) is 0 Å². The van der Waals surface area contributed by atoms with Gasteiger partial charge in [-0.15, -0.1) is 0 Å². The summed E-state index contributed by atoms with van der Waals surface area (Å²) in [7, 11) is -4.39. The van der Waals surface area contributed by atoms with Gasteiger partial charge >= 0.3 is 6.16 Å². The smallest absolute Gasteiger partial charge is 0.432 e. The Balaban J connectivity index is 1.90. The first-order valence-corrected chi connectivity index (χ1v) is 9.13. The number of nitro groups is 1. The normalized spacial score (nSPS) is 12.2. The molecule has 0 saturated carbocycles. The van der Waals surface area contributed by atoms with E-state index in [0.29, 0.717) is 12.1 Å². The number of non-ortho nitro benzene ring substituents is 1. The number of sulfonamides is 1. The number of hydrogen-bond donors (Lipinski definition) is 1. The summed E-state index contributed by atoms with van der Waals surface area (Å²) in [5.74, 6) is -2.09. The number of halogens is 2. The minimum atomic E-state index is -4.39. The quantitative estimate of drug-likeness (QED) is 0.318. The third kappa shape index (κ3) is 5.69. The largest absolute Gasteiger partial charge is 0.513 e. The van der Waals surface area contributed by atoms with Gasteiger partial charge in [0.1, 0.15) is 28.9 Å². The summed E-state index contributed by atoms with van der Waals surface area (Å²) in [6.07, 6.45) is -1.18. The molecule has 0 spiro atoms. The molecule has 28 heavy (non-hydrogen) atoms. The van der Waals surface area contributed by atoms with Crippen molar-refractivity contribution < 1.29 is 36.4 Å². The van der Waals surface area contributed by atoms with E-state index in [1.165, 1.54) is 19.1 Å². The molecule has 0 heterocycles. The fourth-order valence-electron chi connectivity index (χ4n) is 2.00. The number of carbonyl (C=O) groups is 1. The lowest BCUT2D eigenvalue weighted by Gasteiger charge is -2.15. The summed E-state index contributed by atoms with van der Waals surface area (Å²) in [6.45, 7) is 0.857. The van der Waals surface area contributed by atoms with Crippen LogP contribution in [-0.4, -0.2) is 32.1 Å². The maximum absolute atomic E-state index is 13.6. The van der Waals surface area contributed by atoms with Gasteiger partial charge in [-0.25, -0.2) is 26.7 Å². The maximum atomic E-state index is 13.6. The molecule has 0 aliphatic carbocycles. The van der Waals surface area contributed by atoms with Crippen molar-refractivity contribution >= 4 is 21.9 Å². The van der Waals surface area contributed by atoms with Crippen LogP contribution in [0.2, 0.25) is 0 Å². The molecule has 12 heteroatoms. The molecule has 0 aromatic heterocycles. The Labute approximate surface area is 158 Å². The number of carbonyl (C=O) groups excluding carboxylic acids is 1. The number of rotatable bonds is 7. The fraction of sp³-hybridized carbons (Fsp3) is 0.188. The van der Waals surface area contributed by atoms with Crippen molar-refractivity contribution in [3.8, 4) is 5.75 Å². The van der Waals surface area contributed by atoms with Gasteiger partial charge in [0.25, 0.3) is 5.69 Å². The van der Waals surface area contributed by atoms with E-state index in [0.717, 1.165) is 18.2 Å². The van der Waals surface area contributed by atoms with Gasteiger partial charge in [-0.2, -0.15) is 0 Å². The maximum Gasteiger partial charge on any atom is 0.513 e. The summed E-state index contributed by atoms with van der Waals surface area (Å²) < 4.78 is 62.5. The van der Waals surface area contributed by atoms with E-state index in [1.807, 2.05) is 4.72 Å². The minimum absolute atomic E-state index is 0.0225. The molecular weight excluding hydrogens is 402 g/mol. The predicted molar refractivity (Wildman–Crippen MR) is 91.2 cm³/mol. The number of nitrogens with zero attached hydrogens (tertiary/aromatic N) is 1. The molecule has 2 aromatic carbocycles. The zero-order chi connectivity index (χ0) is 20.9. The second-order valence-corrected chi connectivity index (χ2v) is 7.19. The monoisotopic (exact) mass is 416 g/mol. The number of hydrogen-bond acceptors (Lipinski definition) is 7. The van der Waals surface area contributed by atoms with Gasteiger partial charge in [-0.05, 0) is 37.3 Å². The highest BCUT2D eigenvalue weighted by molar-refractivity contribution is 7.89. The van der Waals surface area contributed by atoms with Gasteiger partial charge < -0.3 is 9.47 Å². The Morgan fingerprint density at radius 2 is 1.86 bits per heavy atom. The molecular formula is C16H14F2N2O7S. The lowest BCUT2D eigenvalue weighted by Crippen LogP contribution is -2.37. The minimum Gasteiger partial charge on any atom is -0.432 e. The average molecular weight is 416 g/mol. The molecule has 1 atom stereocenters. The Hall–Kier alpha value is -3.12. The lowest BCUT2D eigenvalue weighted by molar-refractivity contribution is -0.384. The van der Waals surface area contributed by atoms with Crippen LogP contribution in [0.4, 0.5) is 19.3 Å². The van der Waals surface area contributed by atoms with Crippen molar-refractivity contribution in [2.45, 2.75) is 17.9 Å². The molecule has 0 bridgehead atoms. The molecule has 0 aliphatic heterocycles. The average Bonchev–Trinajstić information content (AvgIpc) is 2.62. The Morgan fingerprint density at radius 1 is 1.21 bits per heavy atom. The lowest BCUT2D eigenvalue weighted by atomic mass is 10.3. The molecule has 0 unspecified atom stereocenters. The summed E-state index contributed by atoms with van der Waals surface area (Å²) in [4.78, 5) is 20.6. The molecule has 0 radical (unpaired) electrons. The van der Waals surface area contributed by atoms with Crippen molar-refractivity contribution in [3.63, 3.8) is 0 Å². The van der Waals surface area contributed by atoms with E-state index in [9.17, 15) is 32.1 Å². The van der Waals surface area contributed by atoms with E-state index >= 15 is 0 Å². The first-order valence-electron chi connectivity index (χ1n) is 7.65. The fourth-order valence-corrected chi connectivity index (χ4v) is 3.32. The summed E-state index contributed by atoms with van der Waals surface area (Å²) >= 11 is 0. The third-order valence-corrected chi connectivity index (χ3v) is 4.84. The Bertz CT molecular complexity index is 981. The van der Waals surface area contributed by atoms with Gasteiger partial charge in [0.15, 0.2) is 0 Å². The van der Waals surface area contributed by atoms with Crippen LogP contribution in [0, 0.1) is 21.7 Å². The van der Waals surface area contributed by atoms with Crippen LogP contribution in [0.5, 0.6) is 5.75 Å². The van der Waals surface area contributed by atoms with Crippen LogP contribution in [0.25, 0.3) is 0 Å². The van der Waals surface area contributed by atoms with Crippen LogP contribution < -0.4 is 9.46 Å². The number of nitrogens with one attached hydrogen (secondary N) is 1. The van der Waals surface area contributed by atoms with E-state index in [4.69, 9.17) is 9.47 Å². The van der Waals surface area contributed by atoms with Gasteiger partial charge in [-0.3, -0.25) is 10.1 Å². The van der Waals surface area contributed by atoms with Crippen molar-refractivity contribution in [1.82, 2.24) is 4.72 Å². The first-order chi connectivity index (χ1) is 13.1. The Kier molecular flexibility index (Phi) is 6.59. The van der Waals surface area contributed by atoms with E-state index in [1.54, 1.807) is 0 Å². The molecule has 0 saturated heterocycles. The van der Waals surface area contributed by atoms with Gasteiger partial charge in [-0.1, -0.05) is 0 Å². The van der Waals surface area contributed by atoms with Gasteiger partial charge in [0, 0.05) is 12.1 Å². The molecule has 2 aromatic rings. The van der Waals surface area contributed by atoms with Gasteiger partial charge in [0.05, 0.1) is 11.0 Å². The molecule has 0 fully saturated rings. The van der Waals surface area contributed by atoms with Gasteiger partial charge in [0.2, 0.25) is 10.0 Å². The highest BCUT2D eigenvalue weighted by Gasteiger charge is 2.23. The highest BCUT2D eigenvalue weighted by Crippen LogP contribution is 2.18. The van der Waals surface area contributed by atoms with Crippen LogP contribution in [0.1, 0.15) is 6.92 Å². The number of ether oxygens (including phenoxy) is 2. The SMILES string of the molecule is C[C@H](COC(=O)Oc1ccc([N+](=O)[O-])cc1)NS(=O)(=O)c1cc(F)ccc1F. The molecule has 1 N–H and O–H groups in total. The molecule has 0 aliphatic rings. The highest BCUT2D eigenvalue weighted by atomic mass is 32.2.